The van der Waals surface area contributed by atoms with Gasteiger partial charge in [0.1, 0.15) is 11.0 Å². The minimum absolute atomic E-state index is 0.181. The van der Waals surface area contributed by atoms with E-state index in [1.165, 1.54) is 6.07 Å². The van der Waals surface area contributed by atoms with Gasteiger partial charge in [-0.25, -0.2) is 4.90 Å². The molecule has 4 aromatic rings. The normalized spacial score (nSPS) is 19.6. The van der Waals surface area contributed by atoms with Gasteiger partial charge in [-0.15, -0.1) is 0 Å². The SMILES string of the molecule is O=C(COc1cccc([C@H]2c3sc(=O)[nH]c3SC3C(=O)N(c4cccc(C(F)(F)F)c4)C(=O)C32)c1)Nc1ccc(Cl)cc1. The fraction of sp³-hybridized carbons (Fsp3) is 0.172. The van der Waals surface area contributed by atoms with E-state index in [2.05, 4.69) is 10.3 Å². The van der Waals surface area contributed by atoms with Crippen molar-refractivity contribution in [2.24, 2.45) is 5.92 Å². The molecule has 1 aromatic heterocycles. The van der Waals surface area contributed by atoms with Gasteiger partial charge in [0, 0.05) is 21.5 Å². The van der Waals surface area contributed by atoms with Crippen molar-refractivity contribution in [1.29, 1.82) is 0 Å². The molecule has 0 saturated carbocycles. The number of rotatable bonds is 6. The van der Waals surface area contributed by atoms with E-state index >= 15 is 0 Å². The number of carbonyl (C=O) groups is 3. The first-order chi connectivity index (χ1) is 20.5. The number of hydrogen-bond acceptors (Lipinski definition) is 7. The number of hydrogen-bond donors (Lipinski definition) is 2. The minimum atomic E-state index is -4.66. The number of halogens is 4. The molecule has 0 radical (unpaired) electrons. The molecular formula is C29H19ClF3N3O5S2. The Morgan fingerprint density at radius 2 is 1.74 bits per heavy atom. The molecule has 3 heterocycles. The van der Waals surface area contributed by atoms with Gasteiger partial charge < -0.3 is 15.0 Å². The highest BCUT2D eigenvalue weighted by molar-refractivity contribution is 8.00. The number of thiazole rings is 1. The molecule has 3 amide bonds. The maximum atomic E-state index is 13.8. The molecule has 3 atom stereocenters. The summed E-state index contributed by atoms with van der Waals surface area (Å²) in [6, 6.07) is 17.2. The van der Waals surface area contributed by atoms with Gasteiger partial charge in [0.15, 0.2) is 6.61 Å². The van der Waals surface area contributed by atoms with E-state index in [4.69, 9.17) is 16.3 Å². The highest BCUT2D eigenvalue weighted by Gasteiger charge is 2.56. The Kier molecular flexibility index (Phi) is 7.57. The molecule has 14 heteroatoms. The lowest BCUT2D eigenvalue weighted by Gasteiger charge is -2.30. The number of amides is 3. The standard InChI is InChI=1S/C29H19ClF3N3O5S2/c30-16-7-9-17(10-8-16)34-20(37)13-41-19-6-1-3-14(11-19)21-22-24(42-25-23(21)43-28(40)35-25)27(39)36(26(22)38)18-5-2-4-15(12-18)29(31,32)33/h1-12,21-22,24H,13H2,(H,34,37)(H,35,40)/t21-,22?,24?/m1/s1. The van der Waals surface area contributed by atoms with Crippen LogP contribution in [0.2, 0.25) is 5.02 Å². The topological polar surface area (TPSA) is 109 Å². The first-order valence-electron chi connectivity index (χ1n) is 12.7. The van der Waals surface area contributed by atoms with E-state index in [1.807, 2.05) is 0 Å². The van der Waals surface area contributed by atoms with Crippen LogP contribution in [0.3, 0.4) is 0 Å². The molecule has 2 aliphatic heterocycles. The van der Waals surface area contributed by atoms with E-state index in [-0.39, 0.29) is 17.2 Å². The van der Waals surface area contributed by atoms with Gasteiger partial charge in [-0.3, -0.25) is 19.2 Å². The Hall–Kier alpha value is -4.07. The van der Waals surface area contributed by atoms with Gasteiger partial charge in [-0.05, 0) is 60.2 Å². The second kappa shape index (κ2) is 11.2. The fourth-order valence-corrected chi connectivity index (χ4v) is 7.77. The summed E-state index contributed by atoms with van der Waals surface area (Å²) in [4.78, 5) is 55.8. The molecule has 0 spiro atoms. The molecule has 2 aliphatic rings. The summed E-state index contributed by atoms with van der Waals surface area (Å²) in [5.41, 5.74) is -0.103. The van der Waals surface area contributed by atoms with E-state index in [0.717, 1.165) is 46.2 Å². The summed E-state index contributed by atoms with van der Waals surface area (Å²) in [7, 11) is 0. The Balaban J connectivity index is 1.29. The van der Waals surface area contributed by atoms with Crippen molar-refractivity contribution in [2.75, 3.05) is 16.8 Å². The van der Waals surface area contributed by atoms with Crippen LogP contribution in [0, 0.1) is 5.92 Å². The van der Waals surface area contributed by atoms with Crippen LogP contribution in [0.1, 0.15) is 21.9 Å². The molecule has 3 aromatic carbocycles. The number of nitrogens with one attached hydrogen (secondary N) is 2. The van der Waals surface area contributed by atoms with Gasteiger partial charge in [0.05, 0.1) is 22.2 Å². The zero-order valence-corrected chi connectivity index (χ0v) is 24.1. The molecular weight excluding hydrogens is 627 g/mol. The van der Waals surface area contributed by atoms with E-state index < -0.39 is 46.5 Å². The lowest BCUT2D eigenvalue weighted by atomic mass is 9.83. The summed E-state index contributed by atoms with van der Waals surface area (Å²) in [5, 5.41) is 2.64. The third kappa shape index (κ3) is 5.67. The number of carbonyl (C=O) groups excluding carboxylic acids is 3. The van der Waals surface area contributed by atoms with Crippen molar-refractivity contribution in [1.82, 2.24) is 4.98 Å². The molecule has 43 heavy (non-hydrogen) atoms. The number of H-pyrrole nitrogens is 1. The van der Waals surface area contributed by atoms with E-state index in [9.17, 15) is 32.3 Å². The molecule has 2 N–H and O–H groups in total. The summed E-state index contributed by atoms with van der Waals surface area (Å²) < 4.78 is 45.9. The van der Waals surface area contributed by atoms with Crippen LogP contribution >= 0.6 is 34.7 Å². The van der Waals surface area contributed by atoms with Crippen LogP contribution in [0.15, 0.2) is 82.6 Å². The van der Waals surface area contributed by atoms with Gasteiger partial charge in [-0.1, -0.05) is 52.9 Å². The summed E-state index contributed by atoms with van der Waals surface area (Å²) in [6.07, 6.45) is -4.66. The molecule has 8 nitrogen and oxygen atoms in total. The second-order valence-corrected chi connectivity index (χ2v) is 12.3. The number of fused-ring (bicyclic) bond motifs is 2. The number of benzene rings is 3. The highest BCUT2D eigenvalue weighted by Crippen LogP contribution is 2.53. The van der Waals surface area contributed by atoms with Crippen molar-refractivity contribution in [3.8, 4) is 5.75 Å². The molecule has 220 valence electrons. The van der Waals surface area contributed by atoms with Crippen molar-refractivity contribution in [2.45, 2.75) is 22.4 Å². The zero-order chi connectivity index (χ0) is 30.5. The van der Waals surface area contributed by atoms with Gasteiger partial charge in [-0.2, -0.15) is 13.2 Å². The van der Waals surface area contributed by atoms with Crippen LogP contribution in [0.5, 0.6) is 5.75 Å². The van der Waals surface area contributed by atoms with Crippen LogP contribution in [0.4, 0.5) is 24.5 Å². The zero-order valence-electron chi connectivity index (χ0n) is 21.7. The third-order valence-corrected chi connectivity index (χ3v) is 9.62. The molecule has 1 fully saturated rings. The van der Waals surface area contributed by atoms with Gasteiger partial charge in [0.2, 0.25) is 11.8 Å². The van der Waals surface area contributed by atoms with Crippen LogP contribution in [0.25, 0.3) is 0 Å². The number of aromatic amines is 1. The van der Waals surface area contributed by atoms with Crippen molar-refractivity contribution >= 4 is 63.8 Å². The Labute approximate surface area is 254 Å². The molecule has 0 bridgehead atoms. The monoisotopic (exact) mass is 645 g/mol. The minimum Gasteiger partial charge on any atom is -0.484 e. The molecule has 2 unspecified atom stereocenters. The van der Waals surface area contributed by atoms with Gasteiger partial charge in [0.25, 0.3) is 5.91 Å². The average Bonchev–Trinajstić information content (AvgIpc) is 3.47. The van der Waals surface area contributed by atoms with Crippen molar-refractivity contribution in [3.05, 3.63) is 103 Å². The van der Waals surface area contributed by atoms with E-state index in [1.54, 1.807) is 48.5 Å². The number of thioether (sulfide) groups is 1. The molecule has 0 aliphatic carbocycles. The number of nitrogens with zero attached hydrogens (tertiary/aromatic N) is 1. The predicted octanol–water partition coefficient (Wildman–Crippen LogP) is 5.92. The van der Waals surface area contributed by atoms with Crippen molar-refractivity contribution in [3.63, 3.8) is 0 Å². The lowest BCUT2D eigenvalue weighted by molar-refractivity contribution is -0.137. The maximum Gasteiger partial charge on any atom is 0.416 e. The predicted molar refractivity (Wildman–Crippen MR) is 156 cm³/mol. The largest absolute Gasteiger partial charge is 0.484 e. The Morgan fingerprint density at radius 1 is 1.00 bits per heavy atom. The second-order valence-electron chi connectivity index (χ2n) is 9.73. The Bertz CT molecular complexity index is 1810. The van der Waals surface area contributed by atoms with Crippen LogP contribution < -0.4 is 19.8 Å². The summed E-state index contributed by atoms with van der Waals surface area (Å²) in [5.74, 6) is -3.26. The number of anilines is 2. The lowest BCUT2D eigenvalue weighted by Crippen LogP contribution is -2.32. The number of imide groups is 1. The summed E-state index contributed by atoms with van der Waals surface area (Å²) >= 11 is 7.79. The summed E-state index contributed by atoms with van der Waals surface area (Å²) in [6.45, 7) is -0.331. The third-order valence-electron chi connectivity index (χ3n) is 6.97. The quantitative estimate of drug-likeness (QED) is 0.252. The average molecular weight is 646 g/mol. The van der Waals surface area contributed by atoms with Crippen LogP contribution in [-0.2, 0) is 20.6 Å². The number of alkyl halides is 3. The van der Waals surface area contributed by atoms with Gasteiger partial charge >= 0.3 is 11.0 Å². The fourth-order valence-electron chi connectivity index (χ4n) is 5.13. The smallest absolute Gasteiger partial charge is 0.416 e. The molecule has 1 saturated heterocycles. The van der Waals surface area contributed by atoms with Crippen molar-refractivity contribution < 1.29 is 32.3 Å². The van der Waals surface area contributed by atoms with E-state index in [0.29, 0.717) is 31.9 Å². The highest BCUT2D eigenvalue weighted by atomic mass is 35.5. The maximum absolute atomic E-state index is 13.8. The number of aromatic nitrogens is 1. The number of ether oxygens (including phenoxy) is 1. The first-order valence-corrected chi connectivity index (χ1v) is 14.8. The molecule has 6 rings (SSSR count). The van der Waals surface area contributed by atoms with Crippen LogP contribution in [-0.4, -0.2) is 34.6 Å². The Morgan fingerprint density at radius 3 is 2.49 bits per heavy atom. The first kappa shape index (κ1) is 29.0.